The number of fused-ring (bicyclic) bond motifs is 8. The molecule has 0 bridgehead atoms. The number of rotatable bonds is 5. The summed E-state index contributed by atoms with van der Waals surface area (Å²) in [7, 11) is 0. The van der Waals surface area contributed by atoms with E-state index >= 15 is 0 Å². The molecular formula is C44H28BN7. The van der Waals surface area contributed by atoms with Crippen molar-refractivity contribution in [2.75, 3.05) is 4.81 Å². The molecular weight excluding hydrogens is 637 g/mol. The molecule has 8 heteroatoms. The van der Waals surface area contributed by atoms with Crippen LogP contribution in [0.3, 0.4) is 0 Å². The van der Waals surface area contributed by atoms with Gasteiger partial charge in [-0.15, -0.1) is 0 Å². The summed E-state index contributed by atoms with van der Waals surface area (Å²) in [5.41, 5.74) is 12.9. The van der Waals surface area contributed by atoms with Crippen molar-refractivity contribution in [2.24, 2.45) is 0 Å². The quantitative estimate of drug-likeness (QED) is 0.170. The topological polar surface area (TPSA) is 80.6 Å². The Labute approximate surface area is 301 Å². The third kappa shape index (κ3) is 5.00. The van der Waals surface area contributed by atoms with Gasteiger partial charge < -0.3 is 4.81 Å². The van der Waals surface area contributed by atoms with Crippen LogP contribution < -0.4 is 10.3 Å². The summed E-state index contributed by atoms with van der Waals surface area (Å²) in [6.07, 6.45) is 11.1. The van der Waals surface area contributed by atoms with E-state index in [9.17, 15) is 0 Å². The number of hydrogen-bond donors (Lipinski definition) is 0. The van der Waals surface area contributed by atoms with Gasteiger partial charge in [-0.3, -0.25) is 9.97 Å². The van der Waals surface area contributed by atoms with E-state index < -0.39 is 0 Å². The Balaban J connectivity index is 1.23. The lowest BCUT2D eigenvalue weighted by Gasteiger charge is -2.40. The van der Waals surface area contributed by atoms with Crippen LogP contribution in [0, 0.1) is 0 Å². The second-order valence-electron chi connectivity index (χ2n) is 12.8. The van der Waals surface area contributed by atoms with E-state index in [1.54, 1.807) is 24.8 Å². The van der Waals surface area contributed by atoms with Crippen LogP contribution in [0.5, 0.6) is 0 Å². The molecule has 10 rings (SSSR count). The molecule has 7 nitrogen and oxygen atoms in total. The van der Waals surface area contributed by atoms with Crippen LogP contribution in [0.2, 0.25) is 0 Å². The van der Waals surface area contributed by atoms with Crippen molar-refractivity contribution in [2.45, 2.75) is 0 Å². The van der Waals surface area contributed by atoms with Crippen LogP contribution in [-0.2, 0) is 0 Å². The summed E-state index contributed by atoms with van der Waals surface area (Å²) in [6, 6.07) is 44.3. The van der Waals surface area contributed by atoms with Gasteiger partial charge in [0.05, 0.1) is 0 Å². The van der Waals surface area contributed by atoms with Crippen molar-refractivity contribution >= 4 is 29.9 Å². The Kier molecular flexibility index (Phi) is 7.09. The smallest absolute Gasteiger partial charge is 0.323 e. The molecule has 0 fully saturated rings. The molecule has 0 radical (unpaired) electrons. The Hall–Kier alpha value is -7.06. The van der Waals surface area contributed by atoms with Crippen molar-refractivity contribution in [3.63, 3.8) is 0 Å². The van der Waals surface area contributed by atoms with E-state index in [0.29, 0.717) is 17.5 Å². The third-order valence-corrected chi connectivity index (χ3v) is 9.75. The fourth-order valence-electron chi connectivity index (χ4n) is 7.43. The molecule has 0 aliphatic carbocycles. The Morgan fingerprint density at radius 2 is 1.08 bits per heavy atom. The fraction of sp³-hybridized carbons (Fsp3) is 0. The maximum Gasteiger partial charge on any atom is 0.323 e. The lowest BCUT2D eigenvalue weighted by molar-refractivity contribution is 1.07. The lowest BCUT2D eigenvalue weighted by Crippen LogP contribution is -2.51. The van der Waals surface area contributed by atoms with E-state index in [1.165, 1.54) is 33.3 Å². The molecule has 6 heterocycles. The monoisotopic (exact) mass is 665 g/mol. The van der Waals surface area contributed by atoms with Crippen molar-refractivity contribution in [1.29, 1.82) is 0 Å². The molecule has 2 aliphatic rings. The number of hydrogen-bond acceptors (Lipinski definition) is 7. The Morgan fingerprint density at radius 3 is 1.75 bits per heavy atom. The van der Waals surface area contributed by atoms with Crippen LogP contribution in [0.15, 0.2) is 164 Å². The van der Waals surface area contributed by atoms with Gasteiger partial charge >= 0.3 is 6.85 Å². The molecule has 2 aliphatic heterocycles. The summed E-state index contributed by atoms with van der Waals surface area (Å²) < 4.78 is 0. The molecule has 0 unspecified atom stereocenters. The molecule has 0 saturated heterocycles. The molecule has 0 amide bonds. The van der Waals surface area contributed by atoms with Crippen LogP contribution in [0.1, 0.15) is 5.56 Å². The van der Waals surface area contributed by atoms with Crippen LogP contribution in [-0.4, -0.2) is 36.8 Å². The maximum atomic E-state index is 5.01. The third-order valence-electron chi connectivity index (χ3n) is 9.75. The van der Waals surface area contributed by atoms with Gasteiger partial charge in [0.25, 0.3) is 0 Å². The molecule has 0 saturated carbocycles. The predicted molar refractivity (Wildman–Crippen MR) is 209 cm³/mol. The van der Waals surface area contributed by atoms with Crippen molar-refractivity contribution < 1.29 is 0 Å². The van der Waals surface area contributed by atoms with Crippen LogP contribution >= 0.6 is 0 Å². The molecule has 4 aromatic heterocycles. The largest absolute Gasteiger partial charge is 0.361 e. The van der Waals surface area contributed by atoms with Gasteiger partial charge in [0, 0.05) is 64.5 Å². The van der Waals surface area contributed by atoms with Crippen molar-refractivity contribution in [3.05, 3.63) is 170 Å². The Morgan fingerprint density at radius 1 is 0.481 bits per heavy atom. The summed E-state index contributed by atoms with van der Waals surface area (Å²) in [6.45, 7) is -0.116. The lowest BCUT2D eigenvalue weighted by atomic mass is 9.47. The average Bonchev–Trinajstić information content (AvgIpc) is 3.24. The number of anilines is 2. The first-order valence-electron chi connectivity index (χ1n) is 17.2. The summed E-state index contributed by atoms with van der Waals surface area (Å²) in [5, 5.41) is 0. The Bertz CT molecular complexity index is 2580. The molecule has 4 aromatic carbocycles. The number of benzene rings is 4. The first kappa shape index (κ1) is 29.8. The highest BCUT2D eigenvalue weighted by atomic mass is 15.2. The van der Waals surface area contributed by atoms with E-state index in [-0.39, 0.29) is 6.85 Å². The fourth-order valence-corrected chi connectivity index (χ4v) is 7.43. The summed E-state index contributed by atoms with van der Waals surface area (Å²) >= 11 is 0. The van der Waals surface area contributed by atoms with Gasteiger partial charge in [0.15, 0.2) is 17.5 Å². The van der Waals surface area contributed by atoms with Gasteiger partial charge in [0.2, 0.25) is 0 Å². The highest BCUT2D eigenvalue weighted by molar-refractivity contribution is 6.86. The van der Waals surface area contributed by atoms with Crippen molar-refractivity contribution in [1.82, 2.24) is 29.9 Å². The first-order valence-corrected chi connectivity index (χ1v) is 17.2. The molecule has 0 N–H and O–H groups in total. The highest BCUT2D eigenvalue weighted by Gasteiger charge is 2.40. The predicted octanol–water partition coefficient (Wildman–Crippen LogP) is 8.97. The molecule has 8 aromatic rings. The van der Waals surface area contributed by atoms with Crippen molar-refractivity contribution in [3.8, 4) is 67.5 Å². The van der Waals surface area contributed by atoms with Gasteiger partial charge in [-0.2, -0.15) is 0 Å². The molecule has 242 valence electrons. The van der Waals surface area contributed by atoms with Crippen LogP contribution in [0.25, 0.3) is 73.6 Å². The second-order valence-corrected chi connectivity index (χ2v) is 12.8. The summed E-state index contributed by atoms with van der Waals surface area (Å²) in [4.78, 5) is 30.9. The van der Waals surface area contributed by atoms with E-state index in [4.69, 9.17) is 19.9 Å². The van der Waals surface area contributed by atoms with Crippen LogP contribution in [0.4, 0.5) is 11.5 Å². The minimum Gasteiger partial charge on any atom is -0.361 e. The minimum atomic E-state index is -0.116. The van der Waals surface area contributed by atoms with Gasteiger partial charge in [-0.05, 0) is 75.7 Å². The first-order chi connectivity index (χ1) is 25.8. The number of nitrogens with zero attached hydrogens (tertiary/aromatic N) is 7. The maximum absolute atomic E-state index is 5.01. The summed E-state index contributed by atoms with van der Waals surface area (Å²) in [5.74, 6) is 4.88. The van der Waals surface area contributed by atoms with E-state index in [0.717, 1.165) is 39.3 Å². The second kappa shape index (κ2) is 12.4. The van der Waals surface area contributed by atoms with Gasteiger partial charge in [0.1, 0.15) is 5.82 Å². The highest BCUT2D eigenvalue weighted by Crippen LogP contribution is 2.47. The molecule has 0 spiro atoms. The molecule has 0 atom stereocenters. The standard InChI is InChI=1S/C44H28BN7/c1-3-10-29(11-4-1)35-19-20-37-36-18-17-32(41-49-42(33-15-7-23-46-27-33)51-43(50-41)34-16-8-24-47-28-34)26-38(36)52-44-31(14-9-25-48-44)21-22-45(52)40(37)39(35)30-12-5-2-6-13-30/h1-28H. The van der Waals surface area contributed by atoms with Gasteiger partial charge in [-0.25, -0.2) is 19.9 Å². The normalized spacial score (nSPS) is 12.5. The molecule has 52 heavy (non-hydrogen) atoms. The SMILES string of the molecule is C1=Cc2cccnc2N2B1c1c(ccc(-c3ccccc3)c1-c1ccccc1)-c1ccc(-c3nc(-c4cccnc4)nc(-c4cccnc4)n3)cc12. The average molecular weight is 666 g/mol. The minimum absolute atomic E-state index is 0.116. The zero-order valence-corrected chi connectivity index (χ0v) is 27.9. The number of pyridine rings is 3. The van der Waals surface area contributed by atoms with Gasteiger partial charge in [-0.1, -0.05) is 97.0 Å². The van der Waals surface area contributed by atoms with E-state index in [1.807, 2.05) is 36.5 Å². The zero-order chi connectivity index (χ0) is 34.4. The van der Waals surface area contributed by atoms with E-state index in [2.05, 4.69) is 124 Å². The zero-order valence-electron chi connectivity index (χ0n) is 27.9. The number of aromatic nitrogens is 6.